The molecule has 0 aliphatic heterocycles. The summed E-state index contributed by atoms with van der Waals surface area (Å²) < 4.78 is 0. The minimum atomic E-state index is 0.656. The monoisotopic (exact) mass is 347 g/mol. The van der Waals surface area contributed by atoms with Gasteiger partial charge in [-0.1, -0.05) is 29.8 Å². The quantitative estimate of drug-likeness (QED) is 0.463. The largest absolute Gasteiger partial charge is 0.399 e. The number of benzene rings is 3. The maximum absolute atomic E-state index is 6.48. The van der Waals surface area contributed by atoms with Gasteiger partial charge in [0.25, 0.3) is 0 Å². The third-order valence-corrected chi connectivity index (χ3v) is 4.60. The molecule has 0 fully saturated rings. The molecule has 10 N–H and O–H groups in total. The molecule has 0 radical (unpaired) electrons. The Morgan fingerprint density at radius 3 is 1.38 bits per heavy atom. The first-order valence-electron chi connectivity index (χ1n) is 8.49. The molecule has 0 aromatic heterocycles. The third-order valence-electron chi connectivity index (χ3n) is 4.60. The van der Waals surface area contributed by atoms with Crippen molar-refractivity contribution in [2.75, 3.05) is 28.7 Å². The molecule has 0 bridgehead atoms. The standard InChI is InChI=1S/C21H25N5/c1-12-6-15(8-13-2-4-17(22)10-19(13)24)21(26)16(7-12)9-14-3-5-18(23)11-20(14)25/h2-7,10-11H,8-9,22-26H2,1H3. The molecule has 0 heterocycles. The second kappa shape index (κ2) is 6.88. The van der Waals surface area contributed by atoms with Gasteiger partial charge >= 0.3 is 0 Å². The maximum Gasteiger partial charge on any atom is 0.0386 e. The lowest BCUT2D eigenvalue weighted by atomic mass is 9.93. The van der Waals surface area contributed by atoms with Crippen LogP contribution in [0.1, 0.15) is 27.8 Å². The molecule has 3 rings (SSSR count). The predicted molar refractivity (Wildman–Crippen MR) is 112 cm³/mol. The first-order valence-corrected chi connectivity index (χ1v) is 8.49. The van der Waals surface area contributed by atoms with Gasteiger partial charge in [0.15, 0.2) is 0 Å². The van der Waals surface area contributed by atoms with Gasteiger partial charge in [-0.05, 0) is 53.4 Å². The molecule has 134 valence electrons. The van der Waals surface area contributed by atoms with E-state index in [1.165, 1.54) is 0 Å². The van der Waals surface area contributed by atoms with E-state index in [0.29, 0.717) is 35.6 Å². The van der Waals surface area contributed by atoms with Crippen LogP contribution in [-0.2, 0) is 12.8 Å². The second-order valence-electron chi connectivity index (χ2n) is 6.77. The SMILES string of the molecule is Cc1cc(Cc2ccc(N)cc2N)c(N)c(Cc2ccc(N)cc2N)c1. The predicted octanol–water partition coefficient (Wildman–Crippen LogP) is 3.09. The van der Waals surface area contributed by atoms with E-state index in [0.717, 1.165) is 33.5 Å². The van der Waals surface area contributed by atoms with Crippen molar-refractivity contribution < 1.29 is 0 Å². The van der Waals surface area contributed by atoms with Crippen LogP contribution in [0.2, 0.25) is 0 Å². The minimum absolute atomic E-state index is 0.656. The molecule has 0 saturated carbocycles. The first kappa shape index (κ1) is 17.5. The maximum atomic E-state index is 6.48. The smallest absolute Gasteiger partial charge is 0.0386 e. The summed E-state index contributed by atoms with van der Waals surface area (Å²) in [4.78, 5) is 0. The van der Waals surface area contributed by atoms with Gasteiger partial charge < -0.3 is 28.7 Å². The lowest BCUT2D eigenvalue weighted by Gasteiger charge is -2.15. The van der Waals surface area contributed by atoms with Crippen LogP contribution in [0.25, 0.3) is 0 Å². The first-order chi connectivity index (χ1) is 12.3. The van der Waals surface area contributed by atoms with Crippen LogP contribution in [-0.4, -0.2) is 0 Å². The average molecular weight is 347 g/mol. The van der Waals surface area contributed by atoms with Gasteiger partial charge in [0.1, 0.15) is 0 Å². The van der Waals surface area contributed by atoms with Crippen molar-refractivity contribution in [3.8, 4) is 0 Å². The van der Waals surface area contributed by atoms with Gasteiger partial charge in [0.2, 0.25) is 0 Å². The Kier molecular flexibility index (Phi) is 4.63. The Morgan fingerprint density at radius 2 is 1.00 bits per heavy atom. The van der Waals surface area contributed by atoms with Crippen LogP contribution in [0, 0.1) is 6.92 Å². The lowest BCUT2D eigenvalue weighted by Crippen LogP contribution is -2.05. The van der Waals surface area contributed by atoms with E-state index in [4.69, 9.17) is 28.7 Å². The summed E-state index contributed by atoms with van der Waals surface area (Å²) in [6, 6.07) is 15.4. The molecule has 0 spiro atoms. The highest BCUT2D eigenvalue weighted by atomic mass is 14.6. The highest BCUT2D eigenvalue weighted by Crippen LogP contribution is 2.29. The Morgan fingerprint density at radius 1 is 0.577 bits per heavy atom. The fraction of sp³-hybridized carbons (Fsp3) is 0.143. The molecule has 5 heteroatoms. The summed E-state index contributed by atoms with van der Waals surface area (Å²) in [6.45, 7) is 2.06. The van der Waals surface area contributed by atoms with Crippen molar-refractivity contribution >= 4 is 28.4 Å². The number of anilines is 5. The van der Waals surface area contributed by atoms with Crippen LogP contribution < -0.4 is 28.7 Å². The number of nitrogens with two attached hydrogens (primary N) is 5. The molecule has 3 aromatic rings. The van der Waals surface area contributed by atoms with Gasteiger partial charge in [-0.25, -0.2) is 0 Å². The molecule has 0 unspecified atom stereocenters. The number of rotatable bonds is 4. The van der Waals surface area contributed by atoms with Gasteiger partial charge in [-0.3, -0.25) is 0 Å². The highest BCUT2D eigenvalue weighted by molar-refractivity contribution is 5.64. The van der Waals surface area contributed by atoms with E-state index < -0.39 is 0 Å². The molecule has 0 aliphatic carbocycles. The average Bonchev–Trinajstić information content (AvgIpc) is 2.56. The Hall–Kier alpha value is -3.34. The lowest BCUT2D eigenvalue weighted by molar-refractivity contribution is 1.14. The van der Waals surface area contributed by atoms with Crippen molar-refractivity contribution in [2.45, 2.75) is 19.8 Å². The van der Waals surface area contributed by atoms with Gasteiger partial charge in [0, 0.05) is 41.3 Å². The van der Waals surface area contributed by atoms with Crippen LogP contribution >= 0.6 is 0 Å². The number of hydrogen-bond donors (Lipinski definition) is 5. The molecule has 0 saturated heterocycles. The van der Waals surface area contributed by atoms with Crippen molar-refractivity contribution in [3.05, 3.63) is 76.3 Å². The summed E-state index contributed by atoms with van der Waals surface area (Å²) in [7, 11) is 0. The molecule has 3 aromatic carbocycles. The highest BCUT2D eigenvalue weighted by Gasteiger charge is 2.11. The van der Waals surface area contributed by atoms with E-state index in [1.807, 2.05) is 24.3 Å². The minimum Gasteiger partial charge on any atom is -0.399 e. The van der Waals surface area contributed by atoms with E-state index in [1.54, 1.807) is 12.1 Å². The third kappa shape index (κ3) is 3.67. The zero-order valence-electron chi connectivity index (χ0n) is 14.9. The molecule has 0 atom stereocenters. The van der Waals surface area contributed by atoms with Crippen molar-refractivity contribution in [2.24, 2.45) is 0 Å². The fourth-order valence-corrected chi connectivity index (χ4v) is 3.20. The summed E-state index contributed by atoms with van der Waals surface area (Å²) >= 11 is 0. The normalized spacial score (nSPS) is 10.8. The van der Waals surface area contributed by atoms with Crippen LogP contribution in [0.4, 0.5) is 28.4 Å². The van der Waals surface area contributed by atoms with Gasteiger partial charge in [-0.15, -0.1) is 0 Å². The zero-order valence-corrected chi connectivity index (χ0v) is 14.9. The van der Waals surface area contributed by atoms with Crippen molar-refractivity contribution in [1.29, 1.82) is 0 Å². The number of hydrogen-bond acceptors (Lipinski definition) is 5. The topological polar surface area (TPSA) is 130 Å². The van der Waals surface area contributed by atoms with Crippen LogP contribution in [0.5, 0.6) is 0 Å². The fourth-order valence-electron chi connectivity index (χ4n) is 3.20. The number of nitrogen functional groups attached to an aromatic ring is 5. The number of aryl methyl sites for hydroxylation is 1. The van der Waals surface area contributed by atoms with Crippen molar-refractivity contribution in [1.82, 2.24) is 0 Å². The van der Waals surface area contributed by atoms with Crippen molar-refractivity contribution in [3.63, 3.8) is 0 Å². The van der Waals surface area contributed by atoms with E-state index in [2.05, 4.69) is 19.1 Å². The summed E-state index contributed by atoms with van der Waals surface area (Å²) in [5.41, 5.74) is 38.9. The molecule has 0 amide bonds. The molecule has 5 nitrogen and oxygen atoms in total. The van der Waals surface area contributed by atoms with Crippen LogP contribution in [0.15, 0.2) is 48.5 Å². The molecular formula is C21H25N5. The molecular weight excluding hydrogens is 322 g/mol. The van der Waals surface area contributed by atoms with Gasteiger partial charge in [0.05, 0.1) is 0 Å². The van der Waals surface area contributed by atoms with E-state index in [-0.39, 0.29) is 0 Å². The zero-order chi connectivity index (χ0) is 18.8. The van der Waals surface area contributed by atoms with Gasteiger partial charge in [-0.2, -0.15) is 0 Å². The summed E-state index contributed by atoms with van der Waals surface area (Å²) in [5.74, 6) is 0. The Bertz CT molecular complexity index is 888. The second-order valence-corrected chi connectivity index (χ2v) is 6.77. The molecule has 26 heavy (non-hydrogen) atoms. The Labute approximate surface area is 153 Å². The van der Waals surface area contributed by atoms with Crippen LogP contribution in [0.3, 0.4) is 0 Å². The summed E-state index contributed by atoms with van der Waals surface area (Å²) in [6.07, 6.45) is 1.31. The molecule has 0 aliphatic rings. The van der Waals surface area contributed by atoms with E-state index in [9.17, 15) is 0 Å². The summed E-state index contributed by atoms with van der Waals surface area (Å²) in [5, 5.41) is 0. The van der Waals surface area contributed by atoms with E-state index >= 15 is 0 Å². The Balaban J connectivity index is 1.95.